The average molecular weight is 482 g/mol. The van der Waals surface area contributed by atoms with Gasteiger partial charge in [-0.25, -0.2) is 5.43 Å². The number of hydrazone groups is 1. The van der Waals surface area contributed by atoms with Crippen molar-refractivity contribution in [1.82, 2.24) is 5.43 Å². The molecule has 0 saturated carbocycles. The van der Waals surface area contributed by atoms with Crippen LogP contribution in [-0.2, 0) is 11.4 Å². The first-order chi connectivity index (χ1) is 16.0. The second-order valence-electron chi connectivity index (χ2n) is 6.87. The molecule has 3 rings (SSSR count). The Hall–Kier alpha value is -3.53. The van der Waals surface area contributed by atoms with Crippen LogP contribution < -0.4 is 14.9 Å². The smallest absolute Gasteiger partial charge is 0.261 e. The van der Waals surface area contributed by atoms with Gasteiger partial charge in [0.05, 0.1) is 18.9 Å². The highest BCUT2D eigenvalue weighted by Crippen LogP contribution is 2.30. The lowest BCUT2D eigenvalue weighted by Crippen LogP contribution is -2.24. The molecule has 0 bridgehead atoms. The molecular weight excluding hydrogens is 461 g/mol. The van der Waals surface area contributed by atoms with Gasteiger partial charge in [0.2, 0.25) is 0 Å². The van der Waals surface area contributed by atoms with Crippen LogP contribution in [0.2, 0.25) is 10.0 Å². The number of rotatable bonds is 9. The Bertz CT molecular complexity index is 1180. The minimum Gasteiger partial charge on any atom is -0.490 e. The Kier molecular flexibility index (Phi) is 8.71. The molecule has 6 nitrogen and oxygen atoms in total. The number of nitrogens with one attached hydrogen (secondary N) is 1. The van der Waals surface area contributed by atoms with Gasteiger partial charge in [-0.1, -0.05) is 59.6 Å². The number of carbonyl (C=O) groups is 1. The van der Waals surface area contributed by atoms with E-state index in [4.69, 9.17) is 32.7 Å². The van der Waals surface area contributed by atoms with Gasteiger partial charge in [0.25, 0.3) is 5.91 Å². The van der Waals surface area contributed by atoms with E-state index in [9.17, 15) is 10.1 Å². The van der Waals surface area contributed by atoms with Gasteiger partial charge in [-0.3, -0.25) is 4.79 Å². The molecular formula is C25H21Cl2N3O3. The molecule has 0 heterocycles. The fourth-order valence-corrected chi connectivity index (χ4v) is 3.41. The highest BCUT2D eigenvalue weighted by atomic mass is 35.5. The average Bonchev–Trinajstić information content (AvgIpc) is 2.81. The maximum absolute atomic E-state index is 12.3. The summed E-state index contributed by atoms with van der Waals surface area (Å²) in [6.07, 6.45) is 1.47. The van der Waals surface area contributed by atoms with E-state index in [1.54, 1.807) is 60.7 Å². The summed E-state index contributed by atoms with van der Waals surface area (Å²) in [7, 11) is 0. The quantitative estimate of drug-likeness (QED) is 0.312. The third-order valence-corrected chi connectivity index (χ3v) is 5.17. The van der Waals surface area contributed by atoms with Gasteiger partial charge in [-0.05, 0) is 48.4 Å². The number of hydrogen-bond acceptors (Lipinski definition) is 5. The van der Waals surface area contributed by atoms with E-state index in [-0.39, 0.29) is 6.61 Å². The van der Waals surface area contributed by atoms with Crippen LogP contribution in [0, 0.1) is 11.3 Å². The topological polar surface area (TPSA) is 83.7 Å². The van der Waals surface area contributed by atoms with Crippen molar-refractivity contribution in [2.45, 2.75) is 19.4 Å². The number of hydrogen-bond donors (Lipinski definition) is 1. The second-order valence-corrected chi connectivity index (χ2v) is 7.71. The Labute approximate surface area is 202 Å². The van der Waals surface area contributed by atoms with Crippen molar-refractivity contribution in [3.8, 4) is 17.6 Å². The van der Waals surface area contributed by atoms with Crippen molar-refractivity contribution in [2.24, 2.45) is 5.10 Å². The zero-order valence-electron chi connectivity index (χ0n) is 17.8. The van der Waals surface area contributed by atoms with Crippen LogP contribution in [0.5, 0.6) is 11.5 Å². The number of carbonyl (C=O) groups excluding carboxylic acids is 1. The number of ether oxygens (including phenoxy) is 2. The summed E-state index contributed by atoms with van der Waals surface area (Å²) in [4.78, 5) is 12.3. The molecule has 168 valence electrons. The van der Waals surface area contributed by atoms with Gasteiger partial charge in [0.15, 0.2) is 17.4 Å². The molecule has 0 fully saturated rings. The minimum atomic E-state index is -0.946. The van der Waals surface area contributed by atoms with E-state index in [0.29, 0.717) is 39.3 Å². The van der Waals surface area contributed by atoms with Crippen molar-refractivity contribution in [2.75, 3.05) is 6.61 Å². The van der Waals surface area contributed by atoms with Crippen LogP contribution in [0.15, 0.2) is 71.8 Å². The Morgan fingerprint density at radius 3 is 2.58 bits per heavy atom. The molecule has 1 atom stereocenters. The third-order valence-electron chi connectivity index (χ3n) is 4.58. The van der Waals surface area contributed by atoms with Gasteiger partial charge in [-0.15, -0.1) is 0 Å². The summed E-state index contributed by atoms with van der Waals surface area (Å²) in [5, 5.41) is 14.4. The fraction of sp³-hybridized carbons (Fsp3) is 0.160. The number of halogens is 2. The normalized spacial score (nSPS) is 11.6. The molecule has 0 unspecified atom stereocenters. The van der Waals surface area contributed by atoms with Crippen LogP contribution in [0.3, 0.4) is 0 Å². The monoisotopic (exact) mass is 481 g/mol. The Morgan fingerprint density at radius 1 is 1.09 bits per heavy atom. The van der Waals surface area contributed by atoms with Crippen LogP contribution in [-0.4, -0.2) is 18.7 Å². The predicted octanol–water partition coefficient (Wildman–Crippen LogP) is 5.73. The summed E-state index contributed by atoms with van der Waals surface area (Å²) < 4.78 is 11.6. The number of nitrogens with zero attached hydrogens (tertiary/aromatic N) is 2. The van der Waals surface area contributed by atoms with Crippen molar-refractivity contribution in [1.29, 1.82) is 5.26 Å². The summed E-state index contributed by atoms with van der Waals surface area (Å²) in [6, 6.07) is 21.3. The van der Waals surface area contributed by atoms with Crippen molar-refractivity contribution in [3.63, 3.8) is 0 Å². The molecule has 1 amide bonds. The van der Waals surface area contributed by atoms with E-state index in [1.807, 2.05) is 19.1 Å². The Morgan fingerprint density at radius 2 is 1.88 bits per heavy atom. The van der Waals surface area contributed by atoms with E-state index in [0.717, 1.165) is 5.56 Å². The first kappa shape index (κ1) is 24.1. The highest BCUT2D eigenvalue weighted by molar-refractivity contribution is 6.35. The maximum atomic E-state index is 12.3. The highest BCUT2D eigenvalue weighted by Gasteiger charge is 2.19. The first-order valence-electron chi connectivity index (χ1n) is 10.1. The molecule has 0 radical (unpaired) electrons. The van der Waals surface area contributed by atoms with E-state index in [1.165, 1.54) is 6.21 Å². The van der Waals surface area contributed by atoms with Crippen molar-refractivity contribution < 1.29 is 14.3 Å². The standard InChI is InChI=1S/C25H21Cl2N3O3/c1-2-32-24-12-17(8-11-23(24)33-16-19-9-10-20(26)13-22(19)27)15-29-30-25(31)21(14-28)18-6-4-3-5-7-18/h3-13,15,21H,2,16H2,1H3,(H,30,31)/b29-15-/t21-/m0/s1. The van der Waals surface area contributed by atoms with Gasteiger partial charge >= 0.3 is 0 Å². The van der Waals surface area contributed by atoms with Crippen molar-refractivity contribution in [3.05, 3.63) is 93.5 Å². The number of benzene rings is 3. The molecule has 0 spiro atoms. The number of nitriles is 1. The molecule has 33 heavy (non-hydrogen) atoms. The number of amides is 1. The van der Waals surface area contributed by atoms with E-state index >= 15 is 0 Å². The van der Waals surface area contributed by atoms with Crippen LogP contribution >= 0.6 is 23.2 Å². The fourth-order valence-electron chi connectivity index (χ4n) is 2.95. The SMILES string of the molecule is CCOc1cc(/C=N\NC(=O)[C@@H](C#N)c2ccccc2)ccc1OCc1ccc(Cl)cc1Cl. The minimum absolute atomic E-state index is 0.245. The van der Waals surface area contributed by atoms with Gasteiger partial charge in [0, 0.05) is 15.6 Å². The summed E-state index contributed by atoms with van der Waals surface area (Å²) in [6.45, 7) is 2.55. The van der Waals surface area contributed by atoms with E-state index in [2.05, 4.69) is 10.5 Å². The molecule has 0 aliphatic rings. The zero-order valence-corrected chi connectivity index (χ0v) is 19.3. The summed E-state index contributed by atoms with van der Waals surface area (Å²) in [5.41, 5.74) is 4.50. The van der Waals surface area contributed by atoms with Gasteiger partial charge in [0.1, 0.15) is 6.61 Å². The third kappa shape index (κ3) is 6.72. The van der Waals surface area contributed by atoms with Gasteiger partial charge in [-0.2, -0.15) is 10.4 Å². The maximum Gasteiger partial charge on any atom is 0.261 e. The summed E-state index contributed by atoms with van der Waals surface area (Å²) in [5.74, 6) is -0.391. The molecule has 0 aromatic heterocycles. The Balaban J connectivity index is 1.67. The summed E-state index contributed by atoms with van der Waals surface area (Å²) >= 11 is 12.1. The van der Waals surface area contributed by atoms with E-state index < -0.39 is 11.8 Å². The first-order valence-corrected chi connectivity index (χ1v) is 10.9. The molecule has 8 heteroatoms. The molecule has 0 aliphatic carbocycles. The van der Waals surface area contributed by atoms with Crippen molar-refractivity contribution >= 4 is 35.3 Å². The van der Waals surface area contributed by atoms with Gasteiger partial charge < -0.3 is 9.47 Å². The molecule has 1 N–H and O–H groups in total. The molecule has 0 aliphatic heterocycles. The van der Waals surface area contributed by atoms with Crippen LogP contribution in [0.1, 0.15) is 29.5 Å². The molecule has 3 aromatic carbocycles. The van der Waals surface area contributed by atoms with Crippen LogP contribution in [0.4, 0.5) is 0 Å². The predicted molar refractivity (Wildman–Crippen MR) is 129 cm³/mol. The molecule has 0 saturated heterocycles. The lowest BCUT2D eigenvalue weighted by molar-refractivity contribution is -0.121. The largest absolute Gasteiger partial charge is 0.490 e. The zero-order chi connectivity index (χ0) is 23.6. The molecule has 3 aromatic rings. The lowest BCUT2D eigenvalue weighted by Gasteiger charge is -2.13. The van der Waals surface area contributed by atoms with Crippen LogP contribution in [0.25, 0.3) is 0 Å². The lowest BCUT2D eigenvalue weighted by atomic mass is 10.0. The second kappa shape index (κ2) is 11.9.